The van der Waals surface area contributed by atoms with Gasteiger partial charge in [0.1, 0.15) is 0 Å². The van der Waals surface area contributed by atoms with E-state index in [0.29, 0.717) is 23.2 Å². The Balaban J connectivity index is 1.51. The molecule has 2 aromatic heterocycles. The number of nitrogens with two attached hydrogens (primary N) is 2. The molecule has 1 atom stereocenters. The van der Waals surface area contributed by atoms with Crippen molar-refractivity contribution in [3.05, 3.63) is 41.2 Å². The van der Waals surface area contributed by atoms with Crippen molar-refractivity contribution in [3.8, 4) is 5.95 Å². The first kappa shape index (κ1) is 21.3. The van der Waals surface area contributed by atoms with Crippen molar-refractivity contribution in [2.75, 3.05) is 16.5 Å². The summed E-state index contributed by atoms with van der Waals surface area (Å²) in [7, 11) is -3.80. The quantitative estimate of drug-likeness (QED) is 0.410. The van der Waals surface area contributed by atoms with Gasteiger partial charge in [-0.1, -0.05) is 11.8 Å². The van der Waals surface area contributed by atoms with Crippen LogP contribution in [0.3, 0.4) is 0 Å². The average Bonchev–Trinajstić information content (AvgIpc) is 3.32. The molecule has 1 aliphatic rings. The van der Waals surface area contributed by atoms with Crippen molar-refractivity contribution >= 4 is 33.4 Å². The molecule has 0 saturated heterocycles. The van der Waals surface area contributed by atoms with Crippen LogP contribution in [-0.2, 0) is 21.2 Å². The number of amides is 1. The van der Waals surface area contributed by atoms with Crippen molar-refractivity contribution in [3.63, 3.8) is 0 Å². The van der Waals surface area contributed by atoms with Crippen LogP contribution in [0.2, 0.25) is 0 Å². The maximum Gasteiger partial charge on any atom is 0.271 e. The lowest BCUT2D eigenvalue weighted by molar-refractivity contribution is -0.116. The van der Waals surface area contributed by atoms with E-state index < -0.39 is 10.0 Å². The largest absolute Gasteiger partial charge is 0.334 e. The van der Waals surface area contributed by atoms with Gasteiger partial charge in [-0.2, -0.15) is 5.10 Å². The molecular formula is C18H22N8O3S2. The molecule has 0 spiro atoms. The van der Waals surface area contributed by atoms with Crippen LogP contribution in [0.5, 0.6) is 0 Å². The van der Waals surface area contributed by atoms with E-state index in [1.54, 1.807) is 15.6 Å². The molecule has 1 amide bonds. The van der Waals surface area contributed by atoms with E-state index in [-0.39, 0.29) is 22.6 Å². The van der Waals surface area contributed by atoms with Crippen molar-refractivity contribution in [1.82, 2.24) is 24.7 Å². The lowest BCUT2D eigenvalue weighted by Gasteiger charge is -2.22. The molecule has 0 saturated carbocycles. The van der Waals surface area contributed by atoms with E-state index in [2.05, 4.69) is 15.3 Å². The van der Waals surface area contributed by atoms with E-state index in [4.69, 9.17) is 11.0 Å². The van der Waals surface area contributed by atoms with Crippen molar-refractivity contribution < 1.29 is 13.2 Å². The van der Waals surface area contributed by atoms with Crippen LogP contribution in [0.25, 0.3) is 5.95 Å². The highest BCUT2D eigenvalue weighted by atomic mass is 32.2. The minimum Gasteiger partial charge on any atom is -0.334 e. The number of aryl methyl sites for hydroxylation is 2. The van der Waals surface area contributed by atoms with Gasteiger partial charge in [-0.15, -0.1) is 10.2 Å². The minimum absolute atomic E-state index is 0.0371. The summed E-state index contributed by atoms with van der Waals surface area (Å²) < 4.78 is 26.1. The Morgan fingerprint density at radius 2 is 2.00 bits per heavy atom. The molecule has 3 aromatic rings. The van der Waals surface area contributed by atoms with Crippen molar-refractivity contribution in [2.45, 2.75) is 43.3 Å². The Labute approximate surface area is 183 Å². The number of fused-ring (bicyclic) bond motifs is 1. The van der Waals surface area contributed by atoms with Gasteiger partial charge < -0.3 is 10.7 Å². The number of aromatic nitrogens is 5. The first-order valence-electron chi connectivity index (χ1n) is 9.41. The summed E-state index contributed by atoms with van der Waals surface area (Å²) in [6.45, 7) is 5.67. The maximum atomic E-state index is 13.0. The second kappa shape index (κ2) is 7.66. The first-order valence-corrected chi connectivity index (χ1v) is 11.9. The summed E-state index contributed by atoms with van der Waals surface area (Å²) in [5.41, 5.74) is 3.15. The Morgan fingerprint density at radius 1 is 1.26 bits per heavy atom. The van der Waals surface area contributed by atoms with Gasteiger partial charge in [-0.25, -0.2) is 22.9 Å². The molecule has 0 fully saturated rings. The highest BCUT2D eigenvalue weighted by Crippen LogP contribution is 2.34. The normalized spacial score (nSPS) is 16.0. The zero-order valence-electron chi connectivity index (χ0n) is 17.2. The van der Waals surface area contributed by atoms with Gasteiger partial charge >= 0.3 is 0 Å². The van der Waals surface area contributed by atoms with Crippen LogP contribution in [0.1, 0.15) is 23.9 Å². The molecule has 4 rings (SSSR count). The van der Waals surface area contributed by atoms with E-state index in [9.17, 15) is 13.2 Å². The maximum absolute atomic E-state index is 13.0. The minimum atomic E-state index is -3.80. The van der Waals surface area contributed by atoms with Crippen LogP contribution in [0.15, 0.2) is 34.3 Å². The number of rotatable bonds is 5. The van der Waals surface area contributed by atoms with Crippen LogP contribution in [0, 0.1) is 13.8 Å². The summed E-state index contributed by atoms with van der Waals surface area (Å²) in [6.07, 6.45) is 0.546. The molecule has 4 N–H and O–H groups in total. The standard InChI is InChI=1S/C18H22N8O3S2/c1-10-6-12(3)26(23-10)17-21-22-18(25(17)19)30-9-16(27)24-11(2)7-13-8-14(31(20,28)29)4-5-15(13)24/h4-6,8,11H,7,9,19H2,1-3H3,(H2,20,28,29). The van der Waals surface area contributed by atoms with Crippen LogP contribution in [0.4, 0.5) is 5.69 Å². The molecule has 164 valence electrons. The third-order valence-electron chi connectivity index (χ3n) is 5.03. The highest BCUT2D eigenvalue weighted by Gasteiger charge is 2.32. The fourth-order valence-corrected chi connectivity index (χ4v) is 4.98. The SMILES string of the molecule is Cc1cc(C)n(-c2nnc(SCC(=O)N3c4ccc(S(N)(=O)=O)cc4CC3C)n2N)n1. The van der Waals surface area contributed by atoms with Crippen LogP contribution >= 0.6 is 11.8 Å². The fourth-order valence-electron chi connectivity index (χ4n) is 3.70. The topological polar surface area (TPSA) is 155 Å². The van der Waals surface area contributed by atoms with Gasteiger partial charge in [0.15, 0.2) is 0 Å². The van der Waals surface area contributed by atoms with Gasteiger partial charge in [0.05, 0.1) is 16.3 Å². The number of carbonyl (C=O) groups is 1. The zero-order valence-corrected chi connectivity index (χ0v) is 18.8. The smallest absolute Gasteiger partial charge is 0.271 e. The van der Waals surface area contributed by atoms with Gasteiger partial charge in [0.2, 0.25) is 21.1 Å². The number of sulfonamides is 1. The average molecular weight is 463 g/mol. The second-order valence-corrected chi connectivity index (χ2v) is 9.94. The predicted molar refractivity (Wildman–Crippen MR) is 116 cm³/mol. The molecular weight excluding hydrogens is 440 g/mol. The lowest BCUT2D eigenvalue weighted by Crippen LogP contribution is -2.37. The van der Waals surface area contributed by atoms with Crippen molar-refractivity contribution in [1.29, 1.82) is 0 Å². The number of benzene rings is 1. The number of nitrogen functional groups attached to an aromatic ring is 1. The molecule has 1 aliphatic heterocycles. The van der Waals surface area contributed by atoms with Gasteiger partial charge in [0, 0.05) is 17.4 Å². The van der Waals surface area contributed by atoms with Gasteiger partial charge in [-0.05, 0) is 57.0 Å². The molecule has 3 heterocycles. The summed E-state index contributed by atoms with van der Waals surface area (Å²) in [5.74, 6) is 6.44. The highest BCUT2D eigenvalue weighted by molar-refractivity contribution is 7.99. The number of anilines is 1. The molecule has 0 bridgehead atoms. The number of thioether (sulfide) groups is 1. The summed E-state index contributed by atoms with van der Waals surface area (Å²) in [4.78, 5) is 14.7. The Kier molecular flexibility index (Phi) is 5.27. The molecule has 1 unspecified atom stereocenters. The number of carbonyl (C=O) groups excluding carboxylic acids is 1. The lowest BCUT2D eigenvalue weighted by atomic mass is 10.1. The summed E-state index contributed by atoms with van der Waals surface area (Å²) in [6, 6.07) is 6.35. The molecule has 0 radical (unpaired) electrons. The summed E-state index contributed by atoms with van der Waals surface area (Å²) >= 11 is 1.17. The van der Waals surface area contributed by atoms with E-state index >= 15 is 0 Å². The molecule has 31 heavy (non-hydrogen) atoms. The number of primary sulfonamides is 1. The zero-order chi connectivity index (χ0) is 22.5. The third kappa shape index (κ3) is 3.91. The summed E-state index contributed by atoms with van der Waals surface area (Å²) in [5, 5.41) is 18.1. The Morgan fingerprint density at radius 3 is 2.65 bits per heavy atom. The molecule has 1 aromatic carbocycles. The number of hydrogen-bond donors (Lipinski definition) is 2. The van der Waals surface area contributed by atoms with E-state index in [1.807, 2.05) is 26.8 Å². The molecule has 13 heteroatoms. The Hall–Kier alpha value is -2.90. The van der Waals surface area contributed by atoms with E-state index in [0.717, 1.165) is 17.0 Å². The first-order chi connectivity index (χ1) is 14.6. The number of nitrogens with zero attached hydrogens (tertiary/aromatic N) is 6. The monoisotopic (exact) mass is 462 g/mol. The molecule has 11 nitrogen and oxygen atoms in total. The number of hydrogen-bond acceptors (Lipinski definition) is 8. The fraction of sp³-hybridized carbons (Fsp3) is 0.333. The molecule has 0 aliphatic carbocycles. The van der Waals surface area contributed by atoms with Gasteiger partial charge in [-0.3, -0.25) is 4.79 Å². The predicted octanol–water partition coefficient (Wildman–Crippen LogP) is 0.512. The van der Waals surface area contributed by atoms with Crippen LogP contribution < -0.4 is 15.9 Å². The van der Waals surface area contributed by atoms with E-state index in [1.165, 1.54) is 28.6 Å². The van der Waals surface area contributed by atoms with Crippen LogP contribution in [-0.4, -0.2) is 50.8 Å². The second-order valence-electron chi connectivity index (χ2n) is 7.43. The third-order valence-corrected chi connectivity index (χ3v) is 6.87. The van der Waals surface area contributed by atoms with Gasteiger partial charge in [0.25, 0.3) is 5.95 Å². The Bertz CT molecular complexity index is 1280. The van der Waals surface area contributed by atoms with Crippen molar-refractivity contribution in [2.24, 2.45) is 5.14 Å².